The van der Waals surface area contributed by atoms with E-state index < -0.39 is 0 Å². The zero-order valence-electron chi connectivity index (χ0n) is 11.7. The lowest BCUT2D eigenvalue weighted by Gasteiger charge is -2.33. The molecule has 1 amide bonds. The topological polar surface area (TPSA) is 32.3 Å². The van der Waals surface area contributed by atoms with Crippen LogP contribution in [0, 0.1) is 5.92 Å². The third-order valence-corrected chi connectivity index (χ3v) is 3.72. The molecule has 0 spiro atoms. The predicted octanol–water partition coefficient (Wildman–Crippen LogP) is 2.41. The summed E-state index contributed by atoms with van der Waals surface area (Å²) >= 11 is 0. The fourth-order valence-corrected chi connectivity index (χ4v) is 2.57. The van der Waals surface area contributed by atoms with E-state index >= 15 is 0 Å². The molecule has 1 aliphatic rings. The van der Waals surface area contributed by atoms with Crippen molar-refractivity contribution in [3.63, 3.8) is 0 Å². The first-order chi connectivity index (χ1) is 8.15. The van der Waals surface area contributed by atoms with Gasteiger partial charge in [0.25, 0.3) is 0 Å². The Balaban J connectivity index is 2.24. The van der Waals surface area contributed by atoms with Gasteiger partial charge in [-0.1, -0.05) is 40.0 Å². The second kappa shape index (κ2) is 7.70. The minimum absolute atomic E-state index is 0.0970. The molecular formula is C14H28N2O. The largest absolute Gasteiger partial charge is 0.355 e. The summed E-state index contributed by atoms with van der Waals surface area (Å²) in [5, 5.41) is 3.01. The fourth-order valence-electron chi connectivity index (χ4n) is 2.57. The number of carbonyl (C=O) groups excluding carboxylic acids is 1. The molecule has 1 fully saturated rings. The molecule has 0 aromatic heterocycles. The lowest BCUT2D eigenvalue weighted by Crippen LogP contribution is -2.42. The highest BCUT2D eigenvalue weighted by molar-refractivity contribution is 5.77. The maximum atomic E-state index is 11.5. The van der Waals surface area contributed by atoms with Crippen molar-refractivity contribution in [1.82, 2.24) is 10.2 Å². The van der Waals surface area contributed by atoms with Crippen LogP contribution >= 0.6 is 0 Å². The molecule has 1 saturated carbocycles. The van der Waals surface area contributed by atoms with E-state index in [-0.39, 0.29) is 11.8 Å². The molecule has 0 heterocycles. The van der Waals surface area contributed by atoms with Crippen LogP contribution in [0.15, 0.2) is 0 Å². The first-order valence-electron chi connectivity index (χ1n) is 7.17. The maximum Gasteiger partial charge on any atom is 0.222 e. The van der Waals surface area contributed by atoms with Gasteiger partial charge in [0.1, 0.15) is 0 Å². The van der Waals surface area contributed by atoms with Crippen LogP contribution in [-0.2, 0) is 4.79 Å². The monoisotopic (exact) mass is 240 g/mol. The first-order valence-corrected chi connectivity index (χ1v) is 7.17. The molecule has 1 aliphatic carbocycles. The lowest BCUT2D eigenvalue weighted by molar-refractivity contribution is -0.124. The third-order valence-electron chi connectivity index (χ3n) is 3.72. The second-order valence-electron chi connectivity index (χ2n) is 5.37. The molecule has 0 aliphatic heterocycles. The van der Waals surface area contributed by atoms with Crippen molar-refractivity contribution in [1.29, 1.82) is 0 Å². The first kappa shape index (κ1) is 14.5. The van der Waals surface area contributed by atoms with Crippen molar-refractivity contribution < 1.29 is 4.79 Å². The zero-order valence-corrected chi connectivity index (χ0v) is 11.7. The molecule has 3 nitrogen and oxygen atoms in total. The average Bonchev–Trinajstić information content (AvgIpc) is 2.35. The Bertz CT molecular complexity index is 222. The molecule has 0 aromatic rings. The number of hydrogen-bond acceptors (Lipinski definition) is 2. The number of rotatable bonds is 6. The Kier molecular flexibility index (Phi) is 6.56. The van der Waals surface area contributed by atoms with Crippen molar-refractivity contribution in [3.8, 4) is 0 Å². The SMILES string of the molecule is CCN(CCNC(=O)C(C)C)C1CCCCC1. The summed E-state index contributed by atoms with van der Waals surface area (Å²) in [4.78, 5) is 14.0. The van der Waals surface area contributed by atoms with E-state index in [9.17, 15) is 4.79 Å². The molecule has 0 saturated heterocycles. The van der Waals surface area contributed by atoms with Gasteiger partial charge in [0.05, 0.1) is 0 Å². The van der Waals surface area contributed by atoms with E-state index in [0.717, 1.165) is 25.7 Å². The normalized spacial score (nSPS) is 17.7. The highest BCUT2D eigenvalue weighted by Gasteiger charge is 2.19. The number of hydrogen-bond donors (Lipinski definition) is 1. The summed E-state index contributed by atoms with van der Waals surface area (Å²) in [6, 6.07) is 0.754. The quantitative estimate of drug-likeness (QED) is 0.773. The van der Waals surface area contributed by atoms with Gasteiger partial charge in [0.15, 0.2) is 0 Å². The van der Waals surface area contributed by atoms with Crippen LogP contribution < -0.4 is 5.32 Å². The van der Waals surface area contributed by atoms with Crippen LogP contribution in [0.3, 0.4) is 0 Å². The fraction of sp³-hybridized carbons (Fsp3) is 0.929. The van der Waals surface area contributed by atoms with Crippen molar-refractivity contribution in [2.24, 2.45) is 5.92 Å². The predicted molar refractivity (Wildman–Crippen MR) is 72.0 cm³/mol. The Morgan fingerprint density at radius 2 is 1.94 bits per heavy atom. The Morgan fingerprint density at radius 1 is 1.29 bits per heavy atom. The van der Waals surface area contributed by atoms with Crippen molar-refractivity contribution in [2.75, 3.05) is 19.6 Å². The number of nitrogens with one attached hydrogen (secondary N) is 1. The molecule has 1 rings (SSSR count). The van der Waals surface area contributed by atoms with Crippen LogP contribution in [0.2, 0.25) is 0 Å². The summed E-state index contributed by atoms with van der Waals surface area (Å²) in [5.41, 5.74) is 0. The molecule has 0 atom stereocenters. The Hall–Kier alpha value is -0.570. The smallest absolute Gasteiger partial charge is 0.222 e. The van der Waals surface area contributed by atoms with Crippen LogP contribution in [0.25, 0.3) is 0 Å². The standard InChI is InChI=1S/C14H28N2O/c1-4-16(13-8-6-5-7-9-13)11-10-15-14(17)12(2)3/h12-13H,4-11H2,1-3H3,(H,15,17). The Labute approximate surface area is 106 Å². The molecule has 17 heavy (non-hydrogen) atoms. The van der Waals surface area contributed by atoms with Gasteiger partial charge in [-0.3, -0.25) is 9.69 Å². The van der Waals surface area contributed by atoms with Gasteiger partial charge in [0.2, 0.25) is 5.91 Å². The number of amides is 1. The molecule has 0 aromatic carbocycles. The number of carbonyl (C=O) groups is 1. The van der Waals surface area contributed by atoms with Gasteiger partial charge in [-0.15, -0.1) is 0 Å². The van der Waals surface area contributed by atoms with Crippen LogP contribution in [0.5, 0.6) is 0 Å². The Morgan fingerprint density at radius 3 is 2.47 bits per heavy atom. The third kappa shape index (κ3) is 5.07. The molecular weight excluding hydrogens is 212 g/mol. The van der Waals surface area contributed by atoms with Crippen LogP contribution in [0.4, 0.5) is 0 Å². The van der Waals surface area contributed by atoms with Gasteiger partial charge >= 0.3 is 0 Å². The summed E-state index contributed by atoms with van der Waals surface area (Å²) < 4.78 is 0. The highest BCUT2D eigenvalue weighted by Crippen LogP contribution is 2.21. The minimum Gasteiger partial charge on any atom is -0.355 e. The number of nitrogens with zero attached hydrogens (tertiary/aromatic N) is 1. The zero-order chi connectivity index (χ0) is 12.7. The molecule has 1 N–H and O–H groups in total. The van der Waals surface area contributed by atoms with E-state index in [1.54, 1.807) is 0 Å². The second-order valence-corrected chi connectivity index (χ2v) is 5.37. The van der Waals surface area contributed by atoms with Gasteiger partial charge in [-0.2, -0.15) is 0 Å². The molecule has 0 radical (unpaired) electrons. The van der Waals surface area contributed by atoms with Crippen LogP contribution in [0.1, 0.15) is 52.9 Å². The van der Waals surface area contributed by atoms with Crippen molar-refractivity contribution in [3.05, 3.63) is 0 Å². The van der Waals surface area contributed by atoms with Gasteiger partial charge in [-0.05, 0) is 19.4 Å². The summed E-state index contributed by atoms with van der Waals surface area (Å²) in [6.45, 7) is 8.99. The van der Waals surface area contributed by atoms with E-state index in [0.29, 0.717) is 0 Å². The van der Waals surface area contributed by atoms with Crippen LogP contribution in [-0.4, -0.2) is 36.5 Å². The van der Waals surface area contributed by atoms with E-state index in [1.165, 1.54) is 32.1 Å². The van der Waals surface area contributed by atoms with Gasteiger partial charge < -0.3 is 5.32 Å². The van der Waals surface area contributed by atoms with Crippen molar-refractivity contribution >= 4 is 5.91 Å². The summed E-state index contributed by atoms with van der Waals surface area (Å²) in [7, 11) is 0. The van der Waals surface area contributed by atoms with Crippen molar-refractivity contribution in [2.45, 2.75) is 58.9 Å². The summed E-state index contributed by atoms with van der Waals surface area (Å²) in [6.07, 6.45) is 6.83. The molecule has 3 heteroatoms. The molecule has 0 unspecified atom stereocenters. The number of likely N-dealkylation sites (N-methyl/N-ethyl adjacent to an activating group) is 1. The van der Waals surface area contributed by atoms with E-state index in [4.69, 9.17) is 0 Å². The minimum atomic E-state index is 0.0970. The van der Waals surface area contributed by atoms with E-state index in [1.807, 2.05) is 13.8 Å². The molecule has 100 valence electrons. The van der Waals surface area contributed by atoms with Gasteiger partial charge in [0, 0.05) is 25.0 Å². The maximum absolute atomic E-state index is 11.5. The lowest BCUT2D eigenvalue weighted by atomic mass is 9.94. The molecule has 0 bridgehead atoms. The van der Waals surface area contributed by atoms with Gasteiger partial charge in [-0.25, -0.2) is 0 Å². The average molecular weight is 240 g/mol. The highest BCUT2D eigenvalue weighted by atomic mass is 16.1. The summed E-state index contributed by atoms with van der Waals surface area (Å²) in [5.74, 6) is 0.268. The van der Waals surface area contributed by atoms with E-state index in [2.05, 4.69) is 17.1 Å².